The third-order valence-corrected chi connectivity index (χ3v) is 4.70. The van der Waals surface area contributed by atoms with Crippen LogP contribution in [0.2, 0.25) is 0 Å². The van der Waals surface area contributed by atoms with E-state index in [9.17, 15) is 14.3 Å². The van der Waals surface area contributed by atoms with E-state index in [1.807, 2.05) is 25.8 Å². The maximum absolute atomic E-state index is 13.6. The number of hydrogen-bond donors (Lipinski definition) is 4. The number of nitrogens with two attached hydrogens (primary N) is 2. The number of β-amino-alcohol motifs (C(OH)–C–C–N with tert-alkyl or cyclic N) is 1. The molecule has 180 valence electrons. The molecule has 1 amide bonds. The van der Waals surface area contributed by atoms with Gasteiger partial charge in [0.15, 0.2) is 0 Å². The molecule has 2 aromatic rings. The van der Waals surface area contributed by atoms with Crippen LogP contribution in [0.1, 0.15) is 44.9 Å². The van der Waals surface area contributed by atoms with E-state index in [1.165, 1.54) is 0 Å². The van der Waals surface area contributed by atoms with E-state index < -0.39 is 0 Å². The number of nitrogens with zero attached hydrogens (tertiary/aromatic N) is 2. The van der Waals surface area contributed by atoms with Crippen molar-refractivity contribution in [3.8, 4) is 0 Å². The van der Waals surface area contributed by atoms with Crippen molar-refractivity contribution < 1.29 is 19.1 Å². The van der Waals surface area contributed by atoms with Crippen LogP contribution < -0.4 is 17.0 Å². The molecular formula is C23H38FN5O3. The molecule has 1 fully saturated rings. The molecule has 0 bridgehead atoms. The number of hydrogen-bond acceptors (Lipinski definition) is 7. The van der Waals surface area contributed by atoms with Crippen LogP contribution >= 0.6 is 0 Å². The predicted octanol–water partition coefficient (Wildman–Crippen LogP) is 2.05. The van der Waals surface area contributed by atoms with E-state index in [0.717, 1.165) is 29.4 Å². The highest BCUT2D eigenvalue weighted by Gasteiger charge is 2.27. The molecule has 0 saturated carbocycles. The van der Waals surface area contributed by atoms with Gasteiger partial charge in [-0.25, -0.2) is 4.39 Å². The summed E-state index contributed by atoms with van der Waals surface area (Å²) in [6.07, 6.45) is 2.75. The summed E-state index contributed by atoms with van der Waals surface area (Å²) in [6, 6.07) is 5.33. The minimum absolute atomic E-state index is 0.0463. The molecule has 2 heterocycles. The Kier molecular flexibility index (Phi) is 13.5. The Labute approximate surface area is 190 Å². The summed E-state index contributed by atoms with van der Waals surface area (Å²) in [5, 5.41) is 14.1. The van der Waals surface area contributed by atoms with Crippen molar-refractivity contribution in [1.82, 2.24) is 15.2 Å². The number of amides is 1. The topological polar surface area (TPSA) is 135 Å². The van der Waals surface area contributed by atoms with Gasteiger partial charge >= 0.3 is 0 Å². The molecule has 32 heavy (non-hydrogen) atoms. The van der Waals surface area contributed by atoms with Crippen LogP contribution in [-0.4, -0.2) is 53.9 Å². The summed E-state index contributed by atoms with van der Waals surface area (Å²) >= 11 is 0. The quantitative estimate of drug-likeness (QED) is 0.414. The lowest BCUT2D eigenvalue weighted by Gasteiger charge is -2.22. The zero-order chi connectivity index (χ0) is 24.9. The number of fused-ring (bicyclic) bond motifs is 1. The molecule has 0 radical (unpaired) electrons. The van der Waals surface area contributed by atoms with Crippen molar-refractivity contribution in [2.24, 2.45) is 17.1 Å². The Morgan fingerprint density at radius 3 is 2.47 bits per heavy atom. The Morgan fingerprint density at radius 2 is 1.97 bits per heavy atom. The number of benzene rings is 1. The number of halogens is 1. The number of nitrogens with one attached hydrogen (secondary N) is 1. The number of aliphatic hydroxyl groups is 1. The Bertz CT molecular complexity index is 842. The number of aromatic nitrogens is 1. The van der Waals surface area contributed by atoms with Crippen molar-refractivity contribution in [3.63, 3.8) is 0 Å². The molecule has 1 aromatic carbocycles. The zero-order valence-corrected chi connectivity index (χ0v) is 19.8. The van der Waals surface area contributed by atoms with E-state index in [2.05, 4.69) is 42.8 Å². The van der Waals surface area contributed by atoms with Crippen LogP contribution in [0.3, 0.4) is 0 Å². The molecule has 1 aromatic heterocycles. The summed E-state index contributed by atoms with van der Waals surface area (Å²) < 4.78 is 13.6. The molecule has 6 N–H and O–H groups in total. The van der Waals surface area contributed by atoms with E-state index in [1.54, 1.807) is 24.2 Å². The van der Waals surface area contributed by atoms with Crippen molar-refractivity contribution >= 4 is 23.5 Å². The monoisotopic (exact) mass is 451 g/mol. The average Bonchev–Trinajstić information content (AvgIpc) is 3.19. The van der Waals surface area contributed by atoms with Crippen molar-refractivity contribution in [1.29, 1.82) is 0 Å². The van der Waals surface area contributed by atoms with Crippen LogP contribution in [0.4, 0.5) is 4.39 Å². The van der Waals surface area contributed by atoms with E-state index in [0.29, 0.717) is 25.1 Å². The number of hydrazine groups is 1. The van der Waals surface area contributed by atoms with Crippen LogP contribution in [0.25, 0.3) is 10.8 Å². The Balaban J connectivity index is 0.000000525. The van der Waals surface area contributed by atoms with E-state index in [-0.39, 0.29) is 23.2 Å². The van der Waals surface area contributed by atoms with Crippen molar-refractivity contribution in [2.75, 3.05) is 20.1 Å². The number of rotatable bonds is 3. The van der Waals surface area contributed by atoms with Gasteiger partial charge in [0.25, 0.3) is 0 Å². The summed E-state index contributed by atoms with van der Waals surface area (Å²) in [6.45, 7) is 11.8. The maximum Gasteiger partial charge on any atom is 0.223 e. The van der Waals surface area contributed by atoms with E-state index in [4.69, 9.17) is 4.79 Å². The number of aryl methyl sites for hydroxylation is 1. The first-order chi connectivity index (χ1) is 15.1. The maximum atomic E-state index is 13.6. The molecule has 1 unspecified atom stereocenters. The summed E-state index contributed by atoms with van der Waals surface area (Å²) in [5.41, 5.74) is 1.60. The fraction of sp³-hybridized carbons (Fsp3) is 0.522. The van der Waals surface area contributed by atoms with Gasteiger partial charge in [-0.3, -0.25) is 21.5 Å². The molecule has 9 heteroatoms. The Morgan fingerprint density at radius 1 is 1.34 bits per heavy atom. The first-order valence-corrected chi connectivity index (χ1v) is 10.4. The second kappa shape index (κ2) is 14.6. The molecule has 1 aliphatic heterocycles. The standard InChI is InChI=1S/C12H13FN2.C10H19NO2.CH2O.H4N2/c1-8-11-6-12(13)10(7-14-2)5-9(11)3-4-15-8;1-10(2,3)6-9(13)11-5-4-8(12)7-11;2*1-2/h3-6,14H,7H2,1-2H3;8,12H,4-7H2,1-3H3;1H2;1-2H2. The SMILES string of the molecule is C=O.CC(C)(C)CC(=O)N1CCC(O)C1.CNCc1cc2ccnc(C)c2cc1F.NN. The van der Waals surface area contributed by atoms with Gasteiger partial charge in [-0.05, 0) is 49.4 Å². The number of likely N-dealkylation sites (tertiary alicyclic amines) is 1. The van der Waals surface area contributed by atoms with Crippen LogP contribution in [0, 0.1) is 18.2 Å². The lowest BCUT2D eigenvalue weighted by Crippen LogP contribution is -2.32. The minimum atomic E-state index is -0.302. The van der Waals surface area contributed by atoms with Crippen molar-refractivity contribution in [3.05, 3.63) is 41.5 Å². The fourth-order valence-corrected chi connectivity index (χ4v) is 3.25. The first-order valence-electron chi connectivity index (χ1n) is 10.4. The first kappa shape index (κ1) is 29.5. The van der Waals surface area contributed by atoms with Gasteiger partial charge in [-0.1, -0.05) is 20.8 Å². The molecule has 1 saturated heterocycles. The largest absolute Gasteiger partial charge is 0.391 e. The fourth-order valence-electron chi connectivity index (χ4n) is 3.25. The van der Waals surface area contributed by atoms with Crippen molar-refractivity contribution in [2.45, 2.75) is 53.2 Å². The van der Waals surface area contributed by atoms with Gasteiger partial charge in [0.2, 0.25) is 5.91 Å². The number of pyridine rings is 1. The van der Waals surface area contributed by atoms with Gasteiger partial charge < -0.3 is 20.1 Å². The lowest BCUT2D eigenvalue weighted by atomic mass is 9.92. The van der Waals surface area contributed by atoms with Gasteiger partial charge in [-0.2, -0.15) is 0 Å². The number of carbonyl (C=O) groups is 2. The lowest BCUT2D eigenvalue weighted by molar-refractivity contribution is -0.132. The van der Waals surface area contributed by atoms with E-state index >= 15 is 0 Å². The summed E-state index contributed by atoms with van der Waals surface area (Å²) in [4.78, 5) is 25.5. The molecular weight excluding hydrogens is 413 g/mol. The van der Waals surface area contributed by atoms with Crippen LogP contribution in [-0.2, 0) is 16.1 Å². The highest BCUT2D eigenvalue weighted by Crippen LogP contribution is 2.22. The normalized spacial score (nSPS) is 15.0. The summed E-state index contributed by atoms with van der Waals surface area (Å²) in [7, 11) is 1.81. The van der Waals surface area contributed by atoms with Gasteiger partial charge in [-0.15, -0.1) is 0 Å². The highest BCUT2D eigenvalue weighted by atomic mass is 19.1. The van der Waals surface area contributed by atoms with Gasteiger partial charge in [0.05, 0.1) is 6.10 Å². The average molecular weight is 452 g/mol. The third kappa shape index (κ3) is 9.78. The number of aliphatic hydroxyl groups excluding tert-OH is 1. The smallest absolute Gasteiger partial charge is 0.223 e. The van der Waals surface area contributed by atoms with Crippen LogP contribution in [0.5, 0.6) is 0 Å². The molecule has 1 atom stereocenters. The van der Waals surface area contributed by atoms with Gasteiger partial charge in [0, 0.05) is 48.9 Å². The number of carbonyl (C=O) groups excluding carboxylic acids is 2. The zero-order valence-electron chi connectivity index (χ0n) is 19.8. The molecule has 8 nitrogen and oxygen atoms in total. The molecule has 3 rings (SSSR count). The second-order valence-corrected chi connectivity index (χ2v) is 8.61. The molecule has 0 aliphatic carbocycles. The van der Waals surface area contributed by atoms with Gasteiger partial charge in [0.1, 0.15) is 12.6 Å². The third-order valence-electron chi connectivity index (χ3n) is 4.70. The summed E-state index contributed by atoms with van der Waals surface area (Å²) in [5.74, 6) is 8.00. The molecule has 1 aliphatic rings. The molecule has 0 spiro atoms. The highest BCUT2D eigenvalue weighted by molar-refractivity contribution is 5.85. The van der Waals surface area contributed by atoms with Crippen LogP contribution in [0.15, 0.2) is 24.4 Å². The minimum Gasteiger partial charge on any atom is -0.391 e. The predicted molar refractivity (Wildman–Crippen MR) is 126 cm³/mol. The Hall–Kier alpha value is -2.46. The second-order valence-electron chi connectivity index (χ2n) is 8.61.